The van der Waals surface area contributed by atoms with Gasteiger partial charge in [0.2, 0.25) is 5.82 Å². The van der Waals surface area contributed by atoms with Gasteiger partial charge in [0.05, 0.1) is 28.8 Å². The summed E-state index contributed by atoms with van der Waals surface area (Å²) in [5.41, 5.74) is 5.69. The zero-order chi connectivity index (χ0) is 25.4. The quantitative estimate of drug-likeness (QED) is 0.437. The van der Waals surface area contributed by atoms with Gasteiger partial charge in [-0.25, -0.2) is 9.97 Å². The molecule has 1 aliphatic rings. The predicted molar refractivity (Wildman–Crippen MR) is 136 cm³/mol. The summed E-state index contributed by atoms with van der Waals surface area (Å²) < 4.78 is 5.89. The van der Waals surface area contributed by atoms with Gasteiger partial charge in [0, 0.05) is 24.4 Å². The van der Waals surface area contributed by atoms with Gasteiger partial charge in [-0.15, -0.1) is 0 Å². The number of aromatic nitrogens is 4. The molecule has 0 saturated heterocycles. The second kappa shape index (κ2) is 9.43. The number of halogens is 1. The number of anilines is 1. The molecule has 2 aromatic heterocycles. The highest BCUT2D eigenvalue weighted by atomic mass is 35.5. The fourth-order valence-electron chi connectivity index (χ4n) is 4.16. The first-order valence-corrected chi connectivity index (χ1v) is 11.6. The maximum absolute atomic E-state index is 13.2. The van der Waals surface area contributed by atoms with E-state index in [2.05, 4.69) is 25.5 Å². The van der Waals surface area contributed by atoms with Gasteiger partial charge in [0.25, 0.3) is 11.8 Å². The van der Waals surface area contributed by atoms with Crippen molar-refractivity contribution in [3.05, 3.63) is 77.0 Å². The molecule has 9 nitrogen and oxygen atoms in total. The number of hydrogen-bond donors (Lipinski definition) is 2. The summed E-state index contributed by atoms with van der Waals surface area (Å²) >= 11 is 6.36. The van der Waals surface area contributed by atoms with E-state index in [1.807, 2.05) is 44.2 Å². The fourth-order valence-corrected chi connectivity index (χ4v) is 4.35. The molecule has 2 amide bonds. The van der Waals surface area contributed by atoms with E-state index in [0.29, 0.717) is 22.2 Å². The second-order valence-corrected chi connectivity index (χ2v) is 9.02. The van der Waals surface area contributed by atoms with Crippen LogP contribution in [-0.2, 0) is 4.79 Å². The molecule has 0 unspecified atom stereocenters. The minimum Gasteiger partial charge on any atom is -0.489 e. The summed E-state index contributed by atoms with van der Waals surface area (Å²) in [5, 5.41) is 9.80. The maximum Gasteiger partial charge on any atom is 0.289 e. The third-order valence-corrected chi connectivity index (χ3v) is 6.35. The number of amides is 2. The van der Waals surface area contributed by atoms with Crippen LogP contribution in [0.4, 0.5) is 5.69 Å². The molecule has 2 aromatic carbocycles. The molecule has 1 aliphatic heterocycles. The summed E-state index contributed by atoms with van der Waals surface area (Å²) in [6.45, 7) is 3.91. The number of carbonyl (C=O) groups excluding carboxylic acids is 2. The summed E-state index contributed by atoms with van der Waals surface area (Å²) in [5.74, 6) is -0.475. The largest absolute Gasteiger partial charge is 0.489 e. The van der Waals surface area contributed by atoms with E-state index in [0.717, 1.165) is 27.8 Å². The fraction of sp³-hybridized carbons (Fsp3) is 0.192. The lowest BCUT2D eigenvalue weighted by Gasteiger charge is -2.20. The Hall–Kier alpha value is -4.24. The number of aryl methyl sites for hydroxylation is 2. The molecule has 0 saturated carbocycles. The zero-order valence-electron chi connectivity index (χ0n) is 19.9. The van der Waals surface area contributed by atoms with E-state index in [4.69, 9.17) is 16.3 Å². The molecule has 0 fully saturated rings. The number of aromatic amines is 1. The van der Waals surface area contributed by atoms with Gasteiger partial charge in [0.15, 0.2) is 0 Å². The Balaban J connectivity index is 1.38. The normalized spacial score (nSPS) is 15.2. The molecule has 2 N–H and O–H groups in total. The molecular formula is C26H23ClN6O3. The number of carbonyl (C=O) groups is 2. The van der Waals surface area contributed by atoms with E-state index < -0.39 is 11.9 Å². The monoisotopic (exact) mass is 502 g/mol. The van der Waals surface area contributed by atoms with E-state index in [9.17, 15) is 9.59 Å². The molecule has 0 aliphatic carbocycles. The highest BCUT2D eigenvalue weighted by Crippen LogP contribution is 2.35. The molecule has 4 aromatic rings. The van der Waals surface area contributed by atoms with Gasteiger partial charge >= 0.3 is 0 Å². The predicted octanol–water partition coefficient (Wildman–Crippen LogP) is 3.96. The van der Waals surface area contributed by atoms with Gasteiger partial charge in [0.1, 0.15) is 18.4 Å². The van der Waals surface area contributed by atoms with Crippen molar-refractivity contribution in [3.63, 3.8) is 0 Å². The molecule has 5 rings (SSSR count). The number of nitrogens with zero attached hydrogens (tertiary/aromatic N) is 4. The molecule has 1 atom stereocenters. The van der Waals surface area contributed by atoms with Crippen LogP contribution in [0.1, 0.15) is 21.7 Å². The second-order valence-electron chi connectivity index (χ2n) is 8.61. The number of fused-ring (bicyclic) bond motifs is 1. The van der Waals surface area contributed by atoms with Crippen molar-refractivity contribution in [1.82, 2.24) is 25.5 Å². The van der Waals surface area contributed by atoms with E-state index in [1.165, 1.54) is 11.1 Å². The Labute approximate surface area is 212 Å². The highest BCUT2D eigenvalue weighted by Gasteiger charge is 2.32. The van der Waals surface area contributed by atoms with Crippen LogP contribution >= 0.6 is 11.6 Å². The number of ether oxygens (including phenoxy) is 1. The lowest BCUT2D eigenvalue weighted by atomic mass is 10.0. The number of rotatable bonds is 4. The minimum atomic E-state index is -0.934. The van der Waals surface area contributed by atoms with E-state index in [-0.39, 0.29) is 18.3 Å². The molecule has 0 radical (unpaired) electrons. The average Bonchev–Trinajstić information content (AvgIpc) is 3.38. The van der Waals surface area contributed by atoms with Crippen molar-refractivity contribution < 1.29 is 14.3 Å². The van der Waals surface area contributed by atoms with Crippen molar-refractivity contribution in [2.45, 2.75) is 19.9 Å². The third-order valence-electron chi connectivity index (χ3n) is 6.08. The third kappa shape index (κ3) is 4.40. The summed E-state index contributed by atoms with van der Waals surface area (Å²) in [7, 11) is 1.64. The van der Waals surface area contributed by atoms with Crippen LogP contribution in [-0.4, -0.2) is 51.7 Å². The molecular weight excluding hydrogens is 480 g/mol. The van der Waals surface area contributed by atoms with E-state index in [1.54, 1.807) is 25.5 Å². The van der Waals surface area contributed by atoms with Crippen molar-refractivity contribution >= 4 is 29.1 Å². The first-order valence-electron chi connectivity index (χ1n) is 11.3. The van der Waals surface area contributed by atoms with Gasteiger partial charge in [-0.3, -0.25) is 14.7 Å². The van der Waals surface area contributed by atoms with Crippen LogP contribution in [0.5, 0.6) is 5.75 Å². The molecule has 10 heteroatoms. The van der Waals surface area contributed by atoms with Crippen LogP contribution in [0, 0.1) is 13.8 Å². The summed E-state index contributed by atoms with van der Waals surface area (Å²) in [6.07, 6.45) is 4.86. The first kappa shape index (κ1) is 23.5. The topological polar surface area (TPSA) is 113 Å². The smallest absolute Gasteiger partial charge is 0.289 e. The Morgan fingerprint density at radius 3 is 2.75 bits per heavy atom. The molecule has 3 heterocycles. The van der Waals surface area contributed by atoms with Crippen molar-refractivity contribution in [1.29, 1.82) is 0 Å². The van der Waals surface area contributed by atoms with Crippen molar-refractivity contribution in [2.75, 3.05) is 18.6 Å². The standard InChI is InChI=1S/C26H23ClN6O3/c1-14-4-6-18(15(2)8-14)23-19(27)12-28-24(32-23)25(34)31-20-13-36-22-7-5-16(17-10-29-30-11-17)9-21(22)33(3)26(20)35/h4-12,20H,13H2,1-3H3,(H,29,30)(H,31,34)/t20-/m0/s1. The minimum absolute atomic E-state index is 0.0372. The van der Waals surface area contributed by atoms with Crippen LogP contribution in [0.25, 0.3) is 22.4 Å². The number of hydrogen-bond acceptors (Lipinski definition) is 6. The number of benzene rings is 2. The Bertz CT molecular complexity index is 1470. The molecule has 0 bridgehead atoms. The van der Waals surface area contributed by atoms with Crippen molar-refractivity contribution in [3.8, 4) is 28.1 Å². The van der Waals surface area contributed by atoms with Crippen LogP contribution < -0.4 is 15.0 Å². The number of H-pyrrole nitrogens is 1. The lowest BCUT2D eigenvalue weighted by molar-refractivity contribution is -0.120. The van der Waals surface area contributed by atoms with Gasteiger partial charge < -0.3 is 15.0 Å². The molecule has 36 heavy (non-hydrogen) atoms. The van der Waals surface area contributed by atoms with Gasteiger partial charge in [-0.2, -0.15) is 5.10 Å². The Kier molecular flexibility index (Phi) is 6.15. The Morgan fingerprint density at radius 1 is 1.17 bits per heavy atom. The average molecular weight is 503 g/mol. The molecule has 0 spiro atoms. The first-order chi connectivity index (χ1) is 17.3. The van der Waals surface area contributed by atoms with E-state index >= 15 is 0 Å². The molecule has 182 valence electrons. The number of nitrogens with one attached hydrogen (secondary N) is 2. The lowest BCUT2D eigenvalue weighted by Crippen LogP contribution is -2.49. The van der Waals surface area contributed by atoms with Crippen LogP contribution in [0.3, 0.4) is 0 Å². The van der Waals surface area contributed by atoms with Crippen LogP contribution in [0.15, 0.2) is 55.0 Å². The Morgan fingerprint density at radius 2 is 2.00 bits per heavy atom. The van der Waals surface area contributed by atoms with Crippen molar-refractivity contribution in [2.24, 2.45) is 0 Å². The zero-order valence-corrected chi connectivity index (χ0v) is 20.6. The van der Waals surface area contributed by atoms with Gasteiger partial charge in [-0.05, 0) is 37.1 Å². The van der Waals surface area contributed by atoms with Gasteiger partial charge in [-0.1, -0.05) is 41.4 Å². The SMILES string of the molecule is Cc1ccc(-c2nc(C(=O)N[C@H]3COc4ccc(-c5cn[nH]c5)cc4N(C)C3=O)ncc2Cl)c(C)c1. The summed E-state index contributed by atoms with van der Waals surface area (Å²) in [4.78, 5) is 36.3. The van der Waals surface area contributed by atoms with Crippen LogP contribution in [0.2, 0.25) is 5.02 Å². The highest BCUT2D eigenvalue weighted by molar-refractivity contribution is 6.33. The maximum atomic E-state index is 13.2. The summed E-state index contributed by atoms with van der Waals surface area (Å²) in [6, 6.07) is 10.5. The number of likely N-dealkylation sites (N-methyl/N-ethyl adjacent to an activating group) is 1.